The number of hydrogen-bond acceptors (Lipinski definition) is 1. The second-order valence-electron chi connectivity index (χ2n) is 0.513. The first-order valence-electron chi connectivity index (χ1n) is 0.783. The van der Waals surface area contributed by atoms with Crippen molar-refractivity contribution in [1.82, 2.24) is 0 Å². The van der Waals surface area contributed by atoms with E-state index in [9.17, 15) is 0 Å². The van der Waals surface area contributed by atoms with Crippen molar-refractivity contribution in [2.24, 2.45) is 0 Å². The van der Waals surface area contributed by atoms with Gasteiger partial charge in [-0.2, -0.15) is 0 Å². The van der Waals surface area contributed by atoms with Crippen molar-refractivity contribution in [1.29, 1.82) is 0 Å². The molecule has 14 nitrogen and oxygen atoms in total. The molecule has 0 aliphatic carbocycles. The number of rotatable bonds is 0. The van der Waals surface area contributed by atoms with Crippen LogP contribution in [0.4, 0.5) is 0 Å². The predicted octanol–water partition coefficient (Wildman–Crippen LogP) is -20.7. The molecular weight excluding hydrogens is 347 g/mol. The van der Waals surface area contributed by atoms with Gasteiger partial charge in [-0.05, 0) is 0 Å². The minimum atomic E-state index is -4.64. The molecule has 19 heteroatoms. The van der Waals surface area contributed by atoms with Gasteiger partial charge in [-0.25, -0.2) is 4.57 Å². The van der Waals surface area contributed by atoms with E-state index in [2.05, 4.69) is 0 Å². The van der Waals surface area contributed by atoms with Crippen molar-refractivity contribution in [2.45, 2.75) is 0 Å². The molecule has 0 heterocycles. The molecule has 0 aromatic rings. The Kier molecular flexibility index (Phi) is 936. The topological polar surface area (TPSA) is 393 Å². The van der Waals surface area contributed by atoms with Gasteiger partial charge in [0.2, 0.25) is 0 Å². The zero-order chi connectivity index (χ0) is 4.50. The Bertz CT molecular complexity index is 80.9. The van der Waals surface area contributed by atoms with E-state index >= 15 is 0 Å². The van der Waals surface area contributed by atoms with Crippen LogP contribution in [0.15, 0.2) is 0 Å². The quantitative estimate of drug-likeness (QED) is 0.274. The summed E-state index contributed by atoms with van der Waals surface area (Å²) in [6.07, 6.45) is 0. The maximum Gasteiger partial charge on any atom is 1.00 e. The molecule has 0 aromatic carbocycles. The van der Waals surface area contributed by atoms with Crippen LogP contribution in [0.1, 0.15) is 5.71 Å². The summed E-state index contributed by atoms with van der Waals surface area (Å²) in [5, 5.41) is 0. The van der Waals surface area contributed by atoms with Crippen LogP contribution in [-0.4, -0.2) is 69.4 Å². The minimum Gasteiger partial charge on any atom is -1.00 e. The van der Waals surface area contributed by atoms with E-state index in [1.807, 2.05) is 0 Å². The average Bonchev–Trinajstić information content (AvgIpc) is 0.722. The van der Waals surface area contributed by atoms with Crippen LogP contribution in [0.2, 0.25) is 0 Å². The van der Waals surface area contributed by atoms with Crippen LogP contribution < -0.4 is 118 Å². The van der Waals surface area contributed by atoms with Gasteiger partial charge < -0.3 is 75.1 Å². The fraction of sp³-hybridized carbons (Fsp3) is 0. The van der Waals surface area contributed by atoms with E-state index in [-0.39, 0.29) is 179 Å². The Morgan fingerprint density at radius 2 is 0.474 bits per heavy atom. The van der Waals surface area contributed by atoms with Crippen LogP contribution >= 0.6 is 7.82 Å². The van der Waals surface area contributed by atoms with Gasteiger partial charge >= 0.3 is 126 Å². The third-order valence-corrected chi connectivity index (χ3v) is 0. The van der Waals surface area contributed by atoms with E-state index in [0.29, 0.717) is 0 Å². The van der Waals surface area contributed by atoms with Gasteiger partial charge in [-0.15, -0.1) is 0 Å². The molecule has 0 saturated carbocycles. The number of phosphoric acid groups is 1. The van der Waals surface area contributed by atoms with Crippen molar-refractivity contribution in [3.8, 4) is 0 Å². The first kappa shape index (κ1) is 180. The molecule has 0 fully saturated rings. The van der Waals surface area contributed by atoms with E-state index in [1.54, 1.807) is 0 Å². The molecule has 23 N–H and O–H groups in total. The molecule has 0 aliphatic heterocycles. The van der Waals surface area contributed by atoms with Crippen molar-refractivity contribution in [2.75, 3.05) is 0 Å². The van der Waals surface area contributed by atoms with Crippen LogP contribution in [0.3, 0.4) is 0 Å². The molecule has 120 valence electrons. The summed E-state index contributed by atoms with van der Waals surface area (Å²) in [6, 6.07) is 0. The Hall–Kier alpha value is 3.71. The Labute approximate surface area is 203 Å². The van der Waals surface area contributed by atoms with Crippen LogP contribution in [0.5, 0.6) is 0 Å². The maximum atomic E-state index is 8.88. The van der Waals surface area contributed by atoms with Gasteiger partial charge in [0.05, 0.1) is 0 Å². The standard InChI is InChI=1S/4Na.H3O4P.10H2O.4H/c;;;;1-5(2,3)4;;;;;;;;;;;;;;/h;;;;(H3,1,2,3,4);10*1H2;;;;/q4*+1;;;;;;;;;;;;4*-1. The van der Waals surface area contributed by atoms with Crippen molar-refractivity contribution >= 4 is 7.82 Å². The minimum absolute atomic E-state index is 0. The summed E-state index contributed by atoms with van der Waals surface area (Å²) in [5.41, 5.74) is 0. The van der Waals surface area contributed by atoms with Crippen LogP contribution in [0.25, 0.3) is 0 Å². The Morgan fingerprint density at radius 1 is 0.474 bits per heavy atom. The summed E-state index contributed by atoms with van der Waals surface area (Å²) in [4.78, 5) is 21.6. The monoisotopic (exact) mass is 374 g/mol. The smallest absolute Gasteiger partial charge is 1.00 e. The second kappa shape index (κ2) is 98.8. The molecule has 0 atom stereocenters. The molecule has 0 unspecified atom stereocenters. The van der Waals surface area contributed by atoms with Gasteiger partial charge in [0.25, 0.3) is 0 Å². The average molecular weight is 374 g/mol. The molecule has 0 aromatic heterocycles. The van der Waals surface area contributed by atoms with E-state index < -0.39 is 7.82 Å². The van der Waals surface area contributed by atoms with E-state index in [4.69, 9.17) is 19.2 Å². The van der Waals surface area contributed by atoms with E-state index in [0.717, 1.165) is 0 Å². The van der Waals surface area contributed by atoms with Crippen LogP contribution in [-0.2, 0) is 4.57 Å². The molecule has 0 spiro atoms. The molecule has 0 aliphatic rings. The summed E-state index contributed by atoms with van der Waals surface area (Å²) >= 11 is 0. The first-order valence-corrected chi connectivity index (χ1v) is 2.35. The van der Waals surface area contributed by atoms with Crippen molar-refractivity contribution < 1.29 is 198 Å². The molecule has 0 bridgehead atoms. The summed E-state index contributed by atoms with van der Waals surface area (Å²) in [6.45, 7) is 0. The van der Waals surface area contributed by atoms with Crippen LogP contribution in [0, 0.1) is 0 Å². The molecule has 0 radical (unpaired) electrons. The Balaban J connectivity index is -0.000000000523. The molecule has 0 amide bonds. The Morgan fingerprint density at radius 3 is 0.474 bits per heavy atom. The molecular formula is H27Na4O14P. The zero-order valence-corrected chi connectivity index (χ0v) is 20.1. The third kappa shape index (κ3) is 613. The van der Waals surface area contributed by atoms with Gasteiger partial charge in [0.15, 0.2) is 0 Å². The maximum absolute atomic E-state index is 8.88. The molecule has 0 saturated heterocycles. The van der Waals surface area contributed by atoms with Crippen molar-refractivity contribution in [3.63, 3.8) is 0 Å². The van der Waals surface area contributed by atoms with E-state index in [1.165, 1.54) is 0 Å². The van der Waals surface area contributed by atoms with Crippen molar-refractivity contribution in [3.05, 3.63) is 0 Å². The number of hydrogen-bond donors (Lipinski definition) is 3. The summed E-state index contributed by atoms with van der Waals surface area (Å²) < 4.78 is 8.88. The zero-order valence-electron chi connectivity index (χ0n) is 15.2. The fourth-order valence-corrected chi connectivity index (χ4v) is 0. The molecule has 19 heavy (non-hydrogen) atoms. The fourth-order valence-electron chi connectivity index (χ4n) is 0. The van der Waals surface area contributed by atoms with Gasteiger partial charge in [-0.3, -0.25) is 0 Å². The summed E-state index contributed by atoms with van der Waals surface area (Å²) in [7, 11) is -4.64. The SMILES string of the molecule is O.O.O.O.O.O.O.O.O.O.O=P(O)(O)O.[H-].[H-].[H-].[H-].[Na+].[Na+].[Na+].[Na+]. The predicted molar refractivity (Wildman–Crippen MR) is 54.8 cm³/mol. The third-order valence-electron chi connectivity index (χ3n) is 0. The second-order valence-corrected chi connectivity index (χ2v) is 1.54. The van der Waals surface area contributed by atoms with Gasteiger partial charge in [-0.1, -0.05) is 0 Å². The molecule has 0 rings (SSSR count). The van der Waals surface area contributed by atoms with Gasteiger partial charge in [0.1, 0.15) is 0 Å². The summed E-state index contributed by atoms with van der Waals surface area (Å²) in [5.74, 6) is 0. The first-order chi connectivity index (χ1) is 2.00. The van der Waals surface area contributed by atoms with Gasteiger partial charge in [0, 0.05) is 0 Å². The largest absolute Gasteiger partial charge is 1.00 e. The normalized spacial score (nSPS) is 3.11.